The summed E-state index contributed by atoms with van der Waals surface area (Å²) in [4.78, 5) is 21.7. The maximum absolute atomic E-state index is 5.74. The normalized spacial score (nSPS) is 11.1. The third-order valence-electron chi connectivity index (χ3n) is 4.51. The van der Waals surface area contributed by atoms with Crippen LogP contribution >= 0.6 is 0 Å². The molecular formula is C23H24N6O2. The molecule has 0 aliphatic heterocycles. The van der Waals surface area contributed by atoms with Gasteiger partial charge < -0.3 is 19.9 Å². The number of H-pyrrole nitrogens is 1. The van der Waals surface area contributed by atoms with Crippen LogP contribution in [0.1, 0.15) is 24.6 Å². The Morgan fingerprint density at radius 1 is 1.13 bits per heavy atom. The number of nitrogens with zero attached hydrogens (tertiary/aromatic N) is 4. The van der Waals surface area contributed by atoms with E-state index in [9.17, 15) is 0 Å². The molecule has 8 nitrogen and oxygen atoms in total. The van der Waals surface area contributed by atoms with Crippen molar-refractivity contribution in [3.8, 4) is 11.9 Å². The lowest BCUT2D eigenvalue weighted by molar-refractivity contribution is 0.279. The fourth-order valence-electron chi connectivity index (χ4n) is 2.99. The van der Waals surface area contributed by atoms with Gasteiger partial charge in [0.1, 0.15) is 5.82 Å². The molecule has 4 rings (SSSR count). The maximum Gasteiger partial charge on any atom is 0.321 e. The Kier molecular flexibility index (Phi) is 6.69. The minimum Gasteiger partial charge on any atom is -0.463 e. The van der Waals surface area contributed by atoms with E-state index in [4.69, 9.17) is 9.57 Å². The number of rotatable bonds is 10. The van der Waals surface area contributed by atoms with Crippen molar-refractivity contribution < 1.29 is 9.57 Å². The third kappa shape index (κ3) is 5.57. The lowest BCUT2D eigenvalue weighted by Crippen LogP contribution is -2.08. The smallest absolute Gasteiger partial charge is 0.321 e. The average Bonchev–Trinajstić information content (AvgIpc) is 3.22. The molecule has 158 valence electrons. The van der Waals surface area contributed by atoms with Gasteiger partial charge in [-0.15, -0.1) is 0 Å². The van der Waals surface area contributed by atoms with Gasteiger partial charge in [-0.3, -0.25) is 4.98 Å². The first-order chi connectivity index (χ1) is 15.3. The number of ether oxygens (including phenoxy) is 1. The van der Waals surface area contributed by atoms with E-state index in [0.29, 0.717) is 24.7 Å². The molecule has 4 aromatic rings. The Morgan fingerprint density at radius 3 is 2.90 bits per heavy atom. The van der Waals surface area contributed by atoms with E-state index in [2.05, 4.69) is 37.3 Å². The number of fused-ring (bicyclic) bond motifs is 1. The second kappa shape index (κ2) is 10.2. The highest BCUT2D eigenvalue weighted by Crippen LogP contribution is 2.19. The molecule has 0 spiro atoms. The Labute approximate surface area is 180 Å². The first kappa shape index (κ1) is 20.3. The predicted molar refractivity (Wildman–Crippen MR) is 121 cm³/mol. The molecule has 2 N–H and O–H groups in total. The van der Waals surface area contributed by atoms with E-state index in [-0.39, 0.29) is 6.01 Å². The van der Waals surface area contributed by atoms with E-state index in [1.54, 1.807) is 18.5 Å². The van der Waals surface area contributed by atoms with Gasteiger partial charge in [-0.2, -0.15) is 9.97 Å². The summed E-state index contributed by atoms with van der Waals surface area (Å²) < 4.78 is 5.74. The Bertz CT molecular complexity index is 1140. The molecule has 0 bridgehead atoms. The number of aromatic nitrogens is 4. The lowest BCUT2D eigenvalue weighted by Gasteiger charge is -2.09. The zero-order chi connectivity index (χ0) is 21.3. The Hall–Kier alpha value is -3.94. The molecule has 0 aliphatic carbocycles. The number of anilines is 1. The molecule has 0 unspecified atom stereocenters. The summed E-state index contributed by atoms with van der Waals surface area (Å²) in [5, 5.41) is 8.40. The van der Waals surface area contributed by atoms with Crippen molar-refractivity contribution in [2.24, 2.45) is 5.16 Å². The van der Waals surface area contributed by atoms with Gasteiger partial charge in [-0.1, -0.05) is 36.3 Å². The Balaban J connectivity index is 1.44. The number of hydrogen-bond donors (Lipinski definition) is 2. The molecule has 8 heteroatoms. The number of nitrogens with one attached hydrogen (secondary N) is 2. The Morgan fingerprint density at radius 2 is 2.03 bits per heavy atom. The van der Waals surface area contributed by atoms with Crippen LogP contribution in [-0.2, 0) is 6.42 Å². The molecule has 0 atom stereocenters. The second-order valence-corrected chi connectivity index (χ2v) is 6.84. The fraction of sp³-hybridized carbons (Fsp3) is 0.217. The van der Waals surface area contributed by atoms with Crippen LogP contribution in [0, 0.1) is 0 Å². The van der Waals surface area contributed by atoms with Crippen molar-refractivity contribution in [2.45, 2.75) is 19.8 Å². The van der Waals surface area contributed by atoms with Crippen molar-refractivity contribution in [3.63, 3.8) is 0 Å². The average molecular weight is 416 g/mol. The summed E-state index contributed by atoms with van der Waals surface area (Å²) in [7, 11) is 0. The first-order valence-electron chi connectivity index (χ1n) is 10.2. The predicted octanol–water partition coefficient (Wildman–Crippen LogP) is 4.21. The molecule has 0 saturated heterocycles. The highest BCUT2D eigenvalue weighted by atomic mass is 16.6. The molecule has 1 aromatic carbocycles. The van der Waals surface area contributed by atoms with Crippen LogP contribution in [-0.4, -0.2) is 39.3 Å². The van der Waals surface area contributed by atoms with Crippen LogP contribution in [0.3, 0.4) is 0 Å². The highest BCUT2D eigenvalue weighted by Gasteiger charge is 2.08. The lowest BCUT2D eigenvalue weighted by atomic mass is 10.2. The van der Waals surface area contributed by atoms with Gasteiger partial charge in [0.2, 0.25) is 0 Å². The third-order valence-corrected chi connectivity index (χ3v) is 4.51. The van der Waals surface area contributed by atoms with Gasteiger partial charge in [0.15, 0.2) is 0 Å². The quantitative estimate of drug-likeness (QED) is 0.297. The van der Waals surface area contributed by atoms with Crippen LogP contribution in [0.25, 0.3) is 10.9 Å². The molecule has 3 heterocycles. The van der Waals surface area contributed by atoms with E-state index < -0.39 is 0 Å². The summed E-state index contributed by atoms with van der Waals surface area (Å²) >= 11 is 0. The van der Waals surface area contributed by atoms with E-state index in [0.717, 1.165) is 35.1 Å². The standard InChI is InChI=1S/C23H24N6O2/c1-2-11-25-21-14-22(29-23(28-21)30-13-10-18-7-5-6-12-24-18)31-27-16-17-15-26-20-9-4-3-8-19(17)20/h3-9,12,14-16,26H,2,10-11,13H2,1H3,(H,25,28,29)/b27-16+. The summed E-state index contributed by atoms with van der Waals surface area (Å²) in [6, 6.07) is 15.7. The van der Waals surface area contributed by atoms with Crippen molar-refractivity contribution in [3.05, 3.63) is 72.2 Å². The van der Waals surface area contributed by atoms with Crippen molar-refractivity contribution in [1.82, 2.24) is 19.9 Å². The molecule has 3 aromatic heterocycles. The van der Waals surface area contributed by atoms with Gasteiger partial charge in [-0.05, 0) is 24.6 Å². The summed E-state index contributed by atoms with van der Waals surface area (Å²) in [6.07, 6.45) is 6.93. The van der Waals surface area contributed by atoms with Crippen LogP contribution < -0.4 is 14.9 Å². The highest BCUT2D eigenvalue weighted by molar-refractivity contribution is 5.98. The number of benzene rings is 1. The number of para-hydroxylation sites is 1. The largest absolute Gasteiger partial charge is 0.463 e. The molecule has 0 fully saturated rings. The molecule has 0 aliphatic rings. The summed E-state index contributed by atoms with van der Waals surface area (Å²) in [5.74, 6) is 0.930. The van der Waals surface area contributed by atoms with E-state index in [1.807, 2.05) is 48.7 Å². The minimum atomic E-state index is 0.231. The van der Waals surface area contributed by atoms with Crippen LogP contribution in [0.5, 0.6) is 11.9 Å². The van der Waals surface area contributed by atoms with Crippen molar-refractivity contribution >= 4 is 22.9 Å². The zero-order valence-electron chi connectivity index (χ0n) is 17.3. The topological polar surface area (TPSA) is 97.3 Å². The minimum absolute atomic E-state index is 0.231. The number of oxime groups is 1. The zero-order valence-corrected chi connectivity index (χ0v) is 17.3. The molecule has 31 heavy (non-hydrogen) atoms. The molecular weight excluding hydrogens is 392 g/mol. The van der Waals surface area contributed by atoms with Crippen LogP contribution in [0.4, 0.5) is 5.82 Å². The monoisotopic (exact) mass is 416 g/mol. The van der Waals surface area contributed by atoms with E-state index >= 15 is 0 Å². The van der Waals surface area contributed by atoms with Crippen molar-refractivity contribution in [1.29, 1.82) is 0 Å². The SMILES string of the molecule is CCCNc1cc(O/N=C/c2c[nH]c3ccccc23)nc(OCCc2ccccn2)n1. The molecule has 0 radical (unpaired) electrons. The van der Waals surface area contributed by atoms with Crippen molar-refractivity contribution in [2.75, 3.05) is 18.5 Å². The fourth-order valence-corrected chi connectivity index (χ4v) is 2.99. The number of hydrogen-bond acceptors (Lipinski definition) is 7. The summed E-state index contributed by atoms with van der Waals surface area (Å²) in [6.45, 7) is 3.27. The molecule has 0 amide bonds. The number of aromatic amines is 1. The van der Waals surface area contributed by atoms with Gasteiger partial charge in [0, 0.05) is 53.6 Å². The van der Waals surface area contributed by atoms with Gasteiger partial charge in [-0.25, -0.2) is 0 Å². The van der Waals surface area contributed by atoms with Gasteiger partial charge in [0.25, 0.3) is 5.88 Å². The van der Waals surface area contributed by atoms with Crippen LogP contribution in [0.15, 0.2) is 66.1 Å². The maximum atomic E-state index is 5.74. The summed E-state index contributed by atoms with van der Waals surface area (Å²) in [5.41, 5.74) is 2.92. The first-order valence-corrected chi connectivity index (χ1v) is 10.2. The second-order valence-electron chi connectivity index (χ2n) is 6.84. The van der Waals surface area contributed by atoms with Gasteiger partial charge in [0.05, 0.1) is 12.8 Å². The van der Waals surface area contributed by atoms with E-state index in [1.165, 1.54) is 0 Å². The van der Waals surface area contributed by atoms with Gasteiger partial charge >= 0.3 is 6.01 Å². The number of pyridine rings is 1. The molecule has 0 saturated carbocycles. The van der Waals surface area contributed by atoms with Crippen LogP contribution in [0.2, 0.25) is 0 Å².